The average Bonchev–Trinajstić information content (AvgIpc) is 2.41. The molecule has 0 spiro atoms. The number of alkyl halides is 1. The lowest BCUT2D eigenvalue weighted by Crippen LogP contribution is -2.39. The lowest BCUT2D eigenvalue weighted by molar-refractivity contribution is 0.0698. The van der Waals surface area contributed by atoms with E-state index in [1.54, 1.807) is 18.2 Å². The van der Waals surface area contributed by atoms with Crippen LogP contribution < -0.4 is 0 Å². The van der Waals surface area contributed by atoms with Crippen molar-refractivity contribution in [3.8, 4) is 0 Å². The summed E-state index contributed by atoms with van der Waals surface area (Å²) < 4.78 is 0. The minimum absolute atomic E-state index is 0.0458. The van der Waals surface area contributed by atoms with Crippen molar-refractivity contribution in [3.63, 3.8) is 0 Å². The molecular formula is C13H14Cl3NO. The molecule has 0 N–H and O–H groups in total. The zero-order chi connectivity index (χ0) is 13.1. The van der Waals surface area contributed by atoms with Crippen molar-refractivity contribution in [1.82, 2.24) is 4.90 Å². The number of piperidine rings is 1. The van der Waals surface area contributed by atoms with Crippen LogP contribution in [0.3, 0.4) is 0 Å². The second kappa shape index (κ2) is 6.14. The molecule has 2 rings (SSSR count). The molecule has 98 valence electrons. The number of hydrogen-bond donors (Lipinski definition) is 0. The molecule has 0 unspecified atom stereocenters. The van der Waals surface area contributed by atoms with Gasteiger partial charge < -0.3 is 4.90 Å². The number of carbonyl (C=O) groups excluding carboxylic acids is 1. The molecule has 5 heteroatoms. The summed E-state index contributed by atoms with van der Waals surface area (Å²) in [5.41, 5.74) is 0.480. The third kappa shape index (κ3) is 2.93. The number of hydrogen-bond acceptors (Lipinski definition) is 1. The van der Waals surface area contributed by atoms with Gasteiger partial charge in [0.05, 0.1) is 15.6 Å². The van der Waals surface area contributed by atoms with Gasteiger partial charge in [-0.2, -0.15) is 0 Å². The summed E-state index contributed by atoms with van der Waals surface area (Å²) in [7, 11) is 0. The van der Waals surface area contributed by atoms with Crippen LogP contribution in [0.5, 0.6) is 0 Å². The van der Waals surface area contributed by atoms with E-state index in [4.69, 9.17) is 34.8 Å². The summed E-state index contributed by atoms with van der Waals surface area (Å²) in [4.78, 5) is 14.1. The number of halogens is 3. The van der Waals surface area contributed by atoms with Crippen molar-refractivity contribution in [1.29, 1.82) is 0 Å². The van der Waals surface area contributed by atoms with Gasteiger partial charge in [0.1, 0.15) is 0 Å². The van der Waals surface area contributed by atoms with Crippen LogP contribution >= 0.6 is 34.8 Å². The van der Waals surface area contributed by atoms with Gasteiger partial charge in [-0.25, -0.2) is 0 Å². The highest BCUT2D eigenvalue weighted by atomic mass is 35.5. The number of carbonyl (C=O) groups is 1. The molecule has 18 heavy (non-hydrogen) atoms. The van der Waals surface area contributed by atoms with Crippen molar-refractivity contribution < 1.29 is 4.79 Å². The first-order valence-electron chi connectivity index (χ1n) is 5.92. The maximum absolute atomic E-state index is 12.3. The van der Waals surface area contributed by atoms with Crippen molar-refractivity contribution in [2.75, 3.05) is 19.0 Å². The van der Waals surface area contributed by atoms with Gasteiger partial charge in [0.15, 0.2) is 0 Å². The molecular weight excluding hydrogens is 293 g/mol. The van der Waals surface area contributed by atoms with Crippen LogP contribution in [0.25, 0.3) is 0 Å². The first kappa shape index (κ1) is 14.0. The minimum atomic E-state index is -0.0458. The Bertz CT molecular complexity index is 442. The summed E-state index contributed by atoms with van der Waals surface area (Å²) in [5.74, 6) is 1.14. The monoisotopic (exact) mass is 305 g/mol. The maximum Gasteiger partial charge on any atom is 0.255 e. The van der Waals surface area contributed by atoms with E-state index in [2.05, 4.69) is 0 Å². The van der Waals surface area contributed by atoms with E-state index in [1.807, 2.05) is 4.90 Å². The molecule has 1 aromatic rings. The molecule has 2 nitrogen and oxygen atoms in total. The standard InChI is InChI=1S/C13H14Cl3NO/c14-8-9-4-6-17(7-5-9)13(18)10-2-1-3-11(15)12(10)16/h1-3,9H,4-8H2. The predicted molar refractivity (Wildman–Crippen MR) is 75.8 cm³/mol. The highest BCUT2D eigenvalue weighted by molar-refractivity contribution is 6.43. The Morgan fingerprint density at radius 2 is 1.94 bits per heavy atom. The average molecular weight is 307 g/mol. The molecule has 1 fully saturated rings. The Morgan fingerprint density at radius 3 is 2.56 bits per heavy atom. The highest BCUT2D eigenvalue weighted by Gasteiger charge is 2.24. The van der Waals surface area contributed by atoms with Gasteiger partial charge in [-0.3, -0.25) is 4.79 Å². The largest absolute Gasteiger partial charge is 0.339 e. The van der Waals surface area contributed by atoms with Gasteiger partial charge in [0.25, 0.3) is 5.91 Å². The molecule has 1 aliphatic heterocycles. The predicted octanol–water partition coefficient (Wildman–Crippen LogP) is 4.08. The number of benzene rings is 1. The molecule has 0 aromatic heterocycles. The van der Waals surface area contributed by atoms with Crippen LogP contribution in [0.2, 0.25) is 10.0 Å². The zero-order valence-electron chi connectivity index (χ0n) is 9.83. The summed E-state index contributed by atoms with van der Waals surface area (Å²) in [6.45, 7) is 1.47. The van der Waals surface area contributed by atoms with Gasteiger partial charge in [0.2, 0.25) is 0 Å². The Morgan fingerprint density at radius 1 is 1.28 bits per heavy atom. The fourth-order valence-electron chi connectivity index (χ4n) is 2.13. The van der Waals surface area contributed by atoms with Gasteiger partial charge in [-0.05, 0) is 30.9 Å². The van der Waals surface area contributed by atoms with E-state index in [0.29, 0.717) is 27.4 Å². The van der Waals surface area contributed by atoms with E-state index in [-0.39, 0.29) is 5.91 Å². The van der Waals surface area contributed by atoms with E-state index in [9.17, 15) is 4.79 Å². The third-order valence-electron chi connectivity index (χ3n) is 3.30. The number of likely N-dealkylation sites (tertiary alicyclic amines) is 1. The number of amides is 1. The molecule has 0 bridgehead atoms. The molecule has 1 amide bonds. The zero-order valence-corrected chi connectivity index (χ0v) is 12.1. The van der Waals surface area contributed by atoms with Crippen molar-refractivity contribution in [2.45, 2.75) is 12.8 Å². The molecule has 0 radical (unpaired) electrons. The molecule has 0 aliphatic carbocycles. The second-order valence-electron chi connectivity index (χ2n) is 4.49. The Labute approximate surface area is 122 Å². The Kier molecular flexibility index (Phi) is 4.77. The van der Waals surface area contributed by atoms with E-state index >= 15 is 0 Å². The second-order valence-corrected chi connectivity index (χ2v) is 5.59. The fourth-order valence-corrected chi connectivity index (χ4v) is 2.82. The fraction of sp³-hybridized carbons (Fsp3) is 0.462. The lowest BCUT2D eigenvalue weighted by atomic mass is 9.98. The van der Waals surface area contributed by atoms with Crippen LogP contribution in [-0.4, -0.2) is 29.8 Å². The molecule has 1 aromatic carbocycles. The normalized spacial score (nSPS) is 16.9. The molecule has 1 saturated heterocycles. The van der Waals surface area contributed by atoms with Crippen LogP contribution in [0, 0.1) is 5.92 Å². The first-order chi connectivity index (χ1) is 8.63. The first-order valence-corrected chi connectivity index (χ1v) is 7.21. The summed E-state index contributed by atoms with van der Waals surface area (Å²) in [5, 5.41) is 0.752. The van der Waals surface area contributed by atoms with E-state index in [1.165, 1.54) is 0 Å². The SMILES string of the molecule is O=C(c1cccc(Cl)c1Cl)N1CCC(CCl)CC1. The third-order valence-corrected chi connectivity index (χ3v) is 4.56. The topological polar surface area (TPSA) is 20.3 Å². The van der Waals surface area contributed by atoms with Crippen LogP contribution in [0.4, 0.5) is 0 Å². The Balaban J connectivity index is 2.10. The number of nitrogens with zero attached hydrogens (tertiary/aromatic N) is 1. The van der Waals surface area contributed by atoms with Crippen molar-refractivity contribution >= 4 is 40.7 Å². The molecule has 1 heterocycles. The van der Waals surface area contributed by atoms with Crippen LogP contribution in [0.15, 0.2) is 18.2 Å². The van der Waals surface area contributed by atoms with E-state index in [0.717, 1.165) is 25.9 Å². The summed E-state index contributed by atoms with van der Waals surface area (Å²) >= 11 is 17.8. The highest BCUT2D eigenvalue weighted by Crippen LogP contribution is 2.28. The van der Waals surface area contributed by atoms with Crippen molar-refractivity contribution in [3.05, 3.63) is 33.8 Å². The maximum atomic E-state index is 12.3. The van der Waals surface area contributed by atoms with E-state index < -0.39 is 0 Å². The van der Waals surface area contributed by atoms with Gasteiger partial charge >= 0.3 is 0 Å². The molecule has 0 atom stereocenters. The minimum Gasteiger partial charge on any atom is -0.339 e. The van der Waals surface area contributed by atoms with Gasteiger partial charge in [-0.15, -0.1) is 11.6 Å². The quantitative estimate of drug-likeness (QED) is 0.754. The summed E-state index contributed by atoms with van der Waals surface area (Å²) in [6, 6.07) is 5.14. The Hall–Kier alpha value is -0.440. The van der Waals surface area contributed by atoms with Crippen LogP contribution in [-0.2, 0) is 0 Å². The van der Waals surface area contributed by atoms with Gasteiger partial charge in [-0.1, -0.05) is 29.3 Å². The lowest BCUT2D eigenvalue weighted by Gasteiger charge is -2.31. The number of rotatable bonds is 2. The molecule has 0 saturated carbocycles. The van der Waals surface area contributed by atoms with Crippen LogP contribution in [0.1, 0.15) is 23.2 Å². The van der Waals surface area contributed by atoms with Crippen molar-refractivity contribution in [2.24, 2.45) is 5.92 Å². The summed E-state index contributed by atoms with van der Waals surface area (Å²) in [6.07, 6.45) is 1.90. The van der Waals surface area contributed by atoms with Gasteiger partial charge in [0, 0.05) is 19.0 Å². The smallest absolute Gasteiger partial charge is 0.255 e. The molecule has 1 aliphatic rings.